The summed E-state index contributed by atoms with van der Waals surface area (Å²) < 4.78 is 0. The number of benzene rings is 9. The molecule has 0 bridgehead atoms. The second-order valence-corrected chi connectivity index (χ2v) is 14.9. The molecule has 0 N–H and O–H groups in total. The van der Waals surface area contributed by atoms with E-state index in [1.165, 1.54) is 71.3 Å². The summed E-state index contributed by atoms with van der Waals surface area (Å²) in [6, 6.07) is 68.5. The lowest BCUT2D eigenvalue weighted by atomic mass is 9.79. The summed E-state index contributed by atoms with van der Waals surface area (Å²) in [6.45, 7) is 4.77. The Balaban J connectivity index is 1.12. The van der Waals surface area contributed by atoms with E-state index < -0.39 is 0 Å². The van der Waals surface area contributed by atoms with Gasteiger partial charge in [0.25, 0.3) is 0 Å². The molecule has 0 spiro atoms. The zero-order valence-electron chi connectivity index (χ0n) is 30.5. The maximum Gasteiger partial charge on any atom is 0.0462 e. The second kappa shape index (κ2) is 12.8. The molecule has 256 valence electrons. The molecule has 0 radical (unpaired) electrons. The number of hydrogen-bond acceptors (Lipinski definition) is 1. The van der Waals surface area contributed by atoms with E-state index in [2.05, 4.69) is 219 Å². The number of rotatable bonds is 6. The van der Waals surface area contributed by atoms with Crippen molar-refractivity contribution >= 4 is 61.5 Å². The predicted octanol–water partition coefficient (Wildman–Crippen LogP) is 14.8. The fraction of sp³-hybridized carbons (Fsp3) is 0.0566. The lowest BCUT2D eigenvalue weighted by molar-refractivity contribution is 0.661. The van der Waals surface area contributed by atoms with Crippen LogP contribution in [0.25, 0.3) is 66.7 Å². The van der Waals surface area contributed by atoms with Crippen molar-refractivity contribution in [1.82, 2.24) is 0 Å². The van der Waals surface area contributed by atoms with Gasteiger partial charge in [-0.05, 0) is 119 Å². The summed E-state index contributed by atoms with van der Waals surface area (Å²) in [4.78, 5) is 2.30. The van der Waals surface area contributed by atoms with Crippen LogP contribution < -0.4 is 4.90 Å². The van der Waals surface area contributed by atoms with E-state index in [1.807, 2.05) is 0 Å². The summed E-state index contributed by atoms with van der Waals surface area (Å²) in [5.74, 6) is 0. The Morgan fingerprint density at radius 1 is 0.370 bits per heavy atom. The van der Waals surface area contributed by atoms with Gasteiger partial charge in [0.15, 0.2) is 0 Å². The van der Waals surface area contributed by atoms with Gasteiger partial charge in [-0.15, -0.1) is 0 Å². The molecule has 0 atom stereocenters. The van der Waals surface area contributed by atoms with E-state index in [-0.39, 0.29) is 5.41 Å². The summed E-state index contributed by atoms with van der Waals surface area (Å²) in [7, 11) is 0. The van der Waals surface area contributed by atoms with Crippen LogP contribution in [0.3, 0.4) is 0 Å². The summed E-state index contributed by atoms with van der Waals surface area (Å²) in [5.41, 5.74) is 13.8. The summed E-state index contributed by atoms with van der Waals surface area (Å²) in [6.07, 6.45) is 4.58. The van der Waals surface area contributed by atoms with Crippen LogP contribution in [-0.4, -0.2) is 0 Å². The van der Waals surface area contributed by atoms with Gasteiger partial charge in [-0.2, -0.15) is 0 Å². The summed E-state index contributed by atoms with van der Waals surface area (Å²) >= 11 is 0. The average molecular weight is 690 g/mol. The molecule has 0 unspecified atom stereocenters. The van der Waals surface area contributed by atoms with Crippen LogP contribution in [-0.2, 0) is 5.41 Å². The maximum absolute atomic E-state index is 2.51. The SMILES string of the molecule is CC1(C)c2ccccc2-c2c1cc(-c1c3ccccc3c(C=Cc3ccc(N(c4ccccc4)c4ccccc4)cc3)c3ccccc13)c1ccccc21. The molecule has 9 aromatic carbocycles. The number of fused-ring (bicyclic) bond motifs is 7. The third-order valence-corrected chi connectivity index (χ3v) is 11.5. The van der Waals surface area contributed by atoms with E-state index >= 15 is 0 Å². The van der Waals surface area contributed by atoms with Crippen LogP contribution in [0, 0.1) is 0 Å². The normalized spacial score (nSPS) is 13.1. The lowest BCUT2D eigenvalue weighted by Gasteiger charge is -2.25. The van der Waals surface area contributed by atoms with Gasteiger partial charge in [0.2, 0.25) is 0 Å². The Labute approximate surface area is 317 Å². The minimum atomic E-state index is -0.103. The fourth-order valence-corrected chi connectivity index (χ4v) is 8.90. The third-order valence-electron chi connectivity index (χ3n) is 11.5. The smallest absolute Gasteiger partial charge is 0.0462 e. The van der Waals surface area contributed by atoms with Crippen molar-refractivity contribution in [2.45, 2.75) is 19.3 Å². The van der Waals surface area contributed by atoms with Crippen LogP contribution in [0.1, 0.15) is 36.1 Å². The molecule has 0 aromatic heterocycles. The summed E-state index contributed by atoms with van der Waals surface area (Å²) in [5, 5.41) is 7.66. The van der Waals surface area contributed by atoms with E-state index in [0.29, 0.717) is 0 Å². The largest absolute Gasteiger partial charge is 0.311 e. The molecule has 1 nitrogen and oxygen atoms in total. The molecule has 9 aromatic rings. The van der Waals surface area contributed by atoms with Crippen molar-refractivity contribution in [3.8, 4) is 22.3 Å². The molecule has 1 heteroatoms. The quantitative estimate of drug-likeness (QED) is 0.124. The van der Waals surface area contributed by atoms with Crippen molar-refractivity contribution in [3.05, 3.63) is 210 Å². The Morgan fingerprint density at radius 3 is 1.43 bits per heavy atom. The van der Waals surface area contributed by atoms with Gasteiger partial charge >= 0.3 is 0 Å². The van der Waals surface area contributed by atoms with E-state index in [1.54, 1.807) is 0 Å². The van der Waals surface area contributed by atoms with Crippen molar-refractivity contribution < 1.29 is 0 Å². The standard InChI is InChI=1S/C53H39N/c1-53(2)49-28-16-15-27-47(49)52-46-26-14-11-23-42(46)48(35-50(52)53)51-44-24-12-9-21-40(44)43(41-22-10-13-25-45(41)51)34-31-36-29-32-39(33-30-36)54(37-17-5-3-6-18-37)38-19-7-4-8-20-38/h3-35H,1-2H3. The highest BCUT2D eigenvalue weighted by Crippen LogP contribution is 2.54. The van der Waals surface area contributed by atoms with Crippen LogP contribution in [0.15, 0.2) is 188 Å². The highest BCUT2D eigenvalue weighted by Gasteiger charge is 2.37. The van der Waals surface area contributed by atoms with Crippen molar-refractivity contribution in [2.24, 2.45) is 0 Å². The van der Waals surface area contributed by atoms with Gasteiger partial charge in [0.05, 0.1) is 0 Å². The monoisotopic (exact) mass is 689 g/mol. The third kappa shape index (κ3) is 5.08. The van der Waals surface area contributed by atoms with Crippen LogP contribution >= 0.6 is 0 Å². The highest BCUT2D eigenvalue weighted by atomic mass is 15.1. The van der Waals surface area contributed by atoms with Gasteiger partial charge in [0.1, 0.15) is 0 Å². The number of para-hydroxylation sites is 2. The zero-order chi connectivity index (χ0) is 36.2. The topological polar surface area (TPSA) is 3.24 Å². The molecular formula is C53H39N. The second-order valence-electron chi connectivity index (χ2n) is 14.9. The molecule has 0 heterocycles. The zero-order valence-corrected chi connectivity index (χ0v) is 30.5. The Morgan fingerprint density at radius 2 is 0.833 bits per heavy atom. The van der Waals surface area contributed by atoms with Gasteiger partial charge in [-0.25, -0.2) is 0 Å². The Bertz CT molecular complexity index is 2780. The first-order valence-corrected chi connectivity index (χ1v) is 18.9. The van der Waals surface area contributed by atoms with Crippen molar-refractivity contribution in [3.63, 3.8) is 0 Å². The van der Waals surface area contributed by atoms with E-state index in [9.17, 15) is 0 Å². The average Bonchev–Trinajstić information content (AvgIpc) is 3.46. The molecule has 54 heavy (non-hydrogen) atoms. The van der Waals surface area contributed by atoms with E-state index in [0.717, 1.165) is 22.6 Å². The molecule has 0 aliphatic heterocycles. The number of anilines is 3. The Kier molecular flexibility index (Phi) is 7.56. The first-order valence-electron chi connectivity index (χ1n) is 18.9. The molecule has 0 saturated carbocycles. The van der Waals surface area contributed by atoms with Gasteiger partial charge in [0, 0.05) is 22.5 Å². The number of hydrogen-bond donors (Lipinski definition) is 0. The van der Waals surface area contributed by atoms with Gasteiger partial charge in [-0.3, -0.25) is 0 Å². The highest BCUT2D eigenvalue weighted by molar-refractivity contribution is 6.22. The van der Waals surface area contributed by atoms with Crippen LogP contribution in [0.2, 0.25) is 0 Å². The maximum atomic E-state index is 2.51. The lowest BCUT2D eigenvalue weighted by Crippen LogP contribution is -2.15. The minimum Gasteiger partial charge on any atom is -0.311 e. The predicted molar refractivity (Wildman–Crippen MR) is 232 cm³/mol. The molecule has 0 amide bonds. The van der Waals surface area contributed by atoms with Gasteiger partial charge in [-0.1, -0.05) is 172 Å². The first-order chi connectivity index (χ1) is 26.6. The molecule has 10 rings (SSSR count). The van der Waals surface area contributed by atoms with Crippen LogP contribution in [0.5, 0.6) is 0 Å². The molecule has 1 aliphatic carbocycles. The molecule has 1 aliphatic rings. The van der Waals surface area contributed by atoms with Gasteiger partial charge < -0.3 is 4.90 Å². The van der Waals surface area contributed by atoms with Crippen LogP contribution in [0.4, 0.5) is 17.1 Å². The molecular weight excluding hydrogens is 651 g/mol. The Hall–Kier alpha value is -6.70. The number of nitrogens with zero attached hydrogens (tertiary/aromatic N) is 1. The van der Waals surface area contributed by atoms with Crippen molar-refractivity contribution in [1.29, 1.82) is 0 Å². The minimum absolute atomic E-state index is 0.103. The van der Waals surface area contributed by atoms with E-state index in [4.69, 9.17) is 0 Å². The molecule has 0 fully saturated rings. The first kappa shape index (κ1) is 32.0. The van der Waals surface area contributed by atoms with Crippen molar-refractivity contribution in [2.75, 3.05) is 4.90 Å². The molecule has 0 saturated heterocycles. The fourth-order valence-electron chi connectivity index (χ4n) is 8.90.